The van der Waals surface area contributed by atoms with Crippen molar-refractivity contribution in [3.05, 3.63) is 0 Å². The van der Waals surface area contributed by atoms with Gasteiger partial charge in [-0.25, -0.2) is 8.42 Å². The summed E-state index contributed by atoms with van der Waals surface area (Å²) < 4.78 is 22.8. The minimum absolute atomic E-state index is 0.258. The molecule has 0 aromatic carbocycles. The zero-order valence-corrected chi connectivity index (χ0v) is 11.5. The fourth-order valence-electron chi connectivity index (χ4n) is 2.90. The molecule has 3 rings (SSSR count). The molecule has 0 spiro atoms. The van der Waals surface area contributed by atoms with Crippen molar-refractivity contribution >= 4 is 9.84 Å². The normalized spacial score (nSPS) is 33.6. The van der Waals surface area contributed by atoms with Crippen LogP contribution in [0, 0.1) is 5.92 Å². The van der Waals surface area contributed by atoms with E-state index < -0.39 is 9.84 Å². The molecule has 0 saturated carbocycles. The molecule has 2 bridgehead atoms. The molecule has 1 atom stereocenters. The second-order valence-electron chi connectivity index (χ2n) is 5.37. The summed E-state index contributed by atoms with van der Waals surface area (Å²) in [4.78, 5) is 2.51. The van der Waals surface area contributed by atoms with E-state index in [0.29, 0.717) is 12.6 Å². The first-order valence-corrected chi connectivity index (χ1v) is 8.57. The van der Waals surface area contributed by atoms with Gasteiger partial charge in [-0.3, -0.25) is 0 Å². The maximum Gasteiger partial charge on any atom is 0.151 e. The Morgan fingerprint density at radius 3 is 2.65 bits per heavy atom. The molecule has 0 radical (unpaired) electrons. The van der Waals surface area contributed by atoms with Gasteiger partial charge in [0.25, 0.3) is 0 Å². The molecule has 0 aliphatic carbocycles. The van der Waals surface area contributed by atoms with E-state index in [1.165, 1.54) is 32.4 Å². The Kier molecular flexibility index (Phi) is 4.44. The quantitative estimate of drug-likeness (QED) is 0.782. The van der Waals surface area contributed by atoms with Gasteiger partial charge in [0.05, 0.1) is 5.75 Å². The minimum Gasteiger partial charge on any atom is -0.312 e. The predicted molar refractivity (Wildman–Crippen MR) is 69.9 cm³/mol. The molecule has 1 N–H and O–H groups in total. The van der Waals surface area contributed by atoms with E-state index in [4.69, 9.17) is 0 Å². The molecule has 0 aromatic heterocycles. The fraction of sp³-hybridized carbons (Fsp3) is 1.00. The van der Waals surface area contributed by atoms with E-state index in [1.807, 2.05) is 0 Å². The van der Waals surface area contributed by atoms with E-state index in [-0.39, 0.29) is 11.5 Å². The number of fused-ring (bicyclic) bond motifs is 4. The van der Waals surface area contributed by atoms with E-state index in [2.05, 4.69) is 10.2 Å². The van der Waals surface area contributed by atoms with Gasteiger partial charge in [-0.1, -0.05) is 6.92 Å². The fourth-order valence-corrected chi connectivity index (χ4v) is 3.62. The lowest BCUT2D eigenvalue weighted by Gasteiger charge is -2.26. The number of nitrogens with zero attached hydrogens (tertiary/aromatic N) is 1. The van der Waals surface area contributed by atoms with Gasteiger partial charge in [0.15, 0.2) is 9.84 Å². The van der Waals surface area contributed by atoms with Gasteiger partial charge in [0, 0.05) is 24.9 Å². The zero-order valence-electron chi connectivity index (χ0n) is 10.7. The van der Waals surface area contributed by atoms with Crippen LogP contribution in [-0.4, -0.2) is 57.0 Å². The molecule has 17 heavy (non-hydrogen) atoms. The van der Waals surface area contributed by atoms with Gasteiger partial charge in [0.1, 0.15) is 0 Å². The van der Waals surface area contributed by atoms with Crippen LogP contribution in [0.4, 0.5) is 0 Å². The third-order valence-electron chi connectivity index (χ3n) is 4.09. The highest BCUT2D eigenvalue weighted by Gasteiger charge is 2.28. The Morgan fingerprint density at radius 1 is 1.29 bits per heavy atom. The van der Waals surface area contributed by atoms with Crippen molar-refractivity contribution in [2.45, 2.75) is 32.2 Å². The molecule has 0 amide bonds. The SMILES string of the molecule is CCS(=O)(=O)CCNC1CC2CCN(CC2)C1. The second kappa shape index (κ2) is 5.67. The first-order valence-electron chi connectivity index (χ1n) is 6.75. The molecule has 3 aliphatic heterocycles. The first kappa shape index (κ1) is 13.3. The molecule has 3 heterocycles. The van der Waals surface area contributed by atoms with Crippen LogP contribution in [0.25, 0.3) is 0 Å². The van der Waals surface area contributed by atoms with Crippen LogP contribution in [0.15, 0.2) is 0 Å². The average molecular weight is 260 g/mol. The predicted octanol–water partition coefficient (Wildman–Crippen LogP) is 0.495. The van der Waals surface area contributed by atoms with Crippen LogP contribution in [0.3, 0.4) is 0 Å². The molecule has 3 fully saturated rings. The molecule has 5 heteroatoms. The largest absolute Gasteiger partial charge is 0.312 e. The average Bonchev–Trinajstić information content (AvgIpc) is 2.61. The minimum atomic E-state index is -2.82. The Labute approximate surface area is 105 Å². The number of rotatable bonds is 5. The van der Waals surface area contributed by atoms with Gasteiger partial charge in [0.2, 0.25) is 0 Å². The molecule has 3 saturated heterocycles. The van der Waals surface area contributed by atoms with Crippen LogP contribution < -0.4 is 5.32 Å². The topological polar surface area (TPSA) is 49.4 Å². The zero-order chi connectivity index (χ0) is 12.3. The summed E-state index contributed by atoms with van der Waals surface area (Å²) in [5.41, 5.74) is 0. The Hall–Kier alpha value is -0.130. The van der Waals surface area contributed by atoms with Crippen LogP contribution in [0.2, 0.25) is 0 Å². The lowest BCUT2D eigenvalue weighted by Crippen LogP contribution is -2.40. The highest BCUT2D eigenvalue weighted by Crippen LogP contribution is 2.26. The Bertz CT molecular complexity index is 320. The van der Waals surface area contributed by atoms with E-state index in [0.717, 1.165) is 12.5 Å². The molecule has 1 unspecified atom stereocenters. The molecular weight excluding hydrogens is 236 g/mol. The summed E-state index contributed by atoms with van der Waals surface area (Å²) in [6.07, 6.45) is 3.87. The standard InChI is InChI=1S/C12H24N2O2S/c1-2-17(15,16)8-5-13-12-9-11-3-6-14(10-12)7-4-11/h11-13H,2-10H2,1H3. The van der Waals surface area contributed by atoms with Crippen molar-refractivity contribution < 1.29 is 8.42 Å². The second-order valence-corrected chi connectivity index (χ2v) is 7.84. The first-order chi connectivity index (χ1) is 8.09. The van der Waals surface area contributed by atoms with Crippen molar-refractivity contribution in [2.75, 3.05) is 37.7 Å². The summed E-state index contributed by atoms with van der Waals surface area (Å²) >= 11 is 0. The van der Waals surface area contributed by atoms with Crippen molar-refractivity contribution in [1.82, 2.24) is 10.2 Å². The van der Waals surface area contributed by atoms with E-state index >= 15 is 0 Å². The van der Waals surface area contributed by atoms with Crippen molar-refractivity contribution in [3.63, 3.8) is 0 Å². The summed E-state index contributed by atoms with van der Waals surface area (Å²) in [7, 11) is -2.82. The van der Waals surface area contributed by atoms with Crippen LogP contribution in [0.1, 0.15) is 26.2 Å². The molecule has 0 aromatic rings. The maximum absolute atomic E-state index is 11.4. The van der Waals surface area contributed by atoms with E-state index in [9.17, 15) is 8.42 Å². The molecule has 3 aliphatic rings. The van der Waals surface area contributed by atoms with Crippen LogP contribution >= 0.6 is 0 Å². The Morgan fingerprint density at radius 2 is 2.00 bits per heavy atom. The summed E-state index contributed by atoms with van der Waals surface area (Å²) in [5, 5.41) is 3.43. The summed E-state index contributed by atoms with van der Waals surface area (Å²) in [6, 6.07) is 0.497. The van der Waals surface area contributed by atoms with Gasteiger partial charge in [-0.05, 0) is 38.3 Å². The highest BCUT2D eigenvalue weighted by atomic mass is 32.2. The van der Waals surface area contributed by atoms with Gasteiger partial charge in [-0.2, -0.15) is 0 Å². The van der Waals surface area contributed by atoms with Crippen LogP contribution in [-0.2, 0) is 9.84 Å². The number of nitrogens with one attached hydrogen (secondary N) is 1. The number of piperidine rings is 1. The lowest BCUT2D eigenvalue weighted by atomic mass is 9.94. The van der Waals surface area contributed by atoms with Gasteiger partial charge < -0.3 is 10.2 Å². The molecule has 100 valence electrons. The highest BCUT2D eigenvalue weighted by molar-refractivity contribution is 7.91. The Balaban J connectivity index is 1.76. The summed E-state index contributed by atoms with van der Waals surface area (Å²) in [6.45, 7) is 5.89. The lowest BCUT2D eigenvalue weighted by molar-refractivity contribution is 0.221. The maximum atomic E-state index is 11.4. The monoisotopic (exact) mass is 260 g/mol. The molecular formula is C12H24N2O2S. The number of sulfone groups is 1. The van der Waals surface area contributed by atoms with Crippen LogP contribution in [0.5, 0.6) is 0 Å². The van der Waals surface area contributed by atoms with Crippen molar-refractivity contribution in [1.29, 1.82) is 0 Å². The molecule has 4 nitrogen and oxygen atoms in total. The summed E-state index contributed by atoms with van der Waals surface area (Å²) in [5.74, 6) is 1.40. The third-order valence-corrected chi connectivity index (χ3v) is 5.80. The van der Waals surface area contributed by atoms with Gasteiger partial charge >= 0.3 is 0 Å². The van der Waals surface area contributed by atoms with Gasteiger partial charge in [-0.15, -0.1) is 0 Å². The number of hydrogen-bond donors (Lipinski definition) is 1. The third kappa shape index (κ3) is 3.93. The van der Waals surface area contributed by atoms with Crippen molar-refractivity contribution in [2.24, 2.45) is 5.92 Å². The van der Waals surface area contributed by atoms with E-state index in [1.54, 1.807) is 6.92 Å². The van der Waals surface area contributed by atoms with Crippen molar-refractivity contribution in [3.8, 4) is 0 Å². The smallest absolute Gasteiger partial charge is 0.151 e. The number of hydrogen-bond acceptors (Lipinski definition) is 4.